The van der Waals surface area contributed by atoms with Crippen LogP contribution < -0.4 is 37.9 Å². The molecule has 5 rings (SSSR count). The van der Waals surface area contributed by atoms with Gasteiger partial charge in [-0.05, 0) is 74.6 Å². The SMILES string of the molecule is CC1c2cc(c(OC/C=C/SOOO)cc2O/C=C/CS(=O)(=O)O)C(C)c2cc(c(OC/C=C/SOOO)cc2OCCCSOOO)C(C)c2cc(c(OCCCS(=O)(=O)O)cc2OCCCSOOO)C(C)c2cc1c(OCCCS(=O)(=O)O)cc2OCCCS(=O)(=O)O. The standard InChI is InChI=1S/C56H74O32S8/c1-37-41-29-42(50(74-14-6-22-90-86-82-58)33-49(41)73-13-5-21-89-85-81-57)38(2)44-31-46(54(78-18-10-26-94(64,65)66)35-52(44)76-16-8-24-92-88-84-60)40(4)48-32-47(55(79-19-11-27-95(67,68)69)36-56(48)80-20-12-28-96(70,71)72)39(3)45-30-43(37)51(75-15-7-23-91-87-83-59)34-53(45)77-17-9-25-93(61,62)63/h5,8,10,18,21,24,29-40,57-60H,6-7,9,11-17,19-20,22-23,25-28H2,1-4H3,(H,61,62,63)(H,64,65,66)(H,67,68,69)(H,70,71,72)/b18-10+,21-5+,24-8+. The Balaban J connectivity index is 2.03. The van der Waals surface area contributed by atoms with Gasteiger partial charge in [-0.15, -0.1) is 17.3 Å². The molecule has 4 atom stereocenters. The quantitative estimate of drug-likeness (QED) is 0.00509. The maximum Gasteiger partial charge on any atom is 0.268 e. The highest BCUT2D eigenvalue weighted by Crippen LogP contribution is 2.51. The van der Waals surface area contributed by atoms with Crippen LogP contribution in [-0.4, -0.2) is 154 Å². The summed E-state index contributed by atoms with van der Waals surface area (Å²) in [6.45, 7) is 6.04. The summed E-state index contributed by atoms with van der Waals surface area (Å²) < 4.78 is 205. The maximum absolute atomic E-state index is 12.0. The minimum Gasteiger partial charge on any atom is -0.493 e. The zero-order chi connectivity index (χ0) is 70.3. The summed E-state index contributed by atoms with van der Waals surface area (Å²) in [4.78, 5) is 0. The van der Waals surface area contributed by atoms with E-state index in [-0.39, 0.29) is 123 Å². The van der Waals surface area contributed by atoms with Crippen molar-refractivity contribution in [2.75, 3.05) is 80.8 Å². The smallest absolute Gasteiger partial charge is 0.268 e. The summed E-state index contributed by atoms with van der Waals surface area (Å²) in [7, 11) is -18.0. The molecule has 4 aromatic carbocycles. The molecular formula is C56H74O32S8. The van der Waals surface area contributed by atoms with Crippen molar-refractivity contribution in [3.8, 4) is 46.0 Å². The van der Waals surface area contributed by atoms with Crippen molar-refractivity contribution >= 4 is 88.6 Å². The van der Waals surface area contributed by atoms with Gasteiger partial charge in [-0.3, -0.25) is 18.2 Å². The molecular weight excluding hydrogens is 1440 g/mol. The first-order chi connectivity index (χ1) is 45.7. The first-order valence-electron chi connectivity index (χ1n) is 28.7. The number of ether oxygens (including phenoxy) is 8. The van der Waals surface area contributed by atoms with Gasteiger partial charge in [-0.25, -0.2) is 21.0 Å². The predicted octanol–water partition coefficient (Wildman–Crippen LogP) is 11.0. The fraction of sp³-hybridized carbons (Fsp3) is 0.464. The van der Waals surface area contributed by atoms with Crippen LogP contribution in [0.4, 0.5) is 0 Å². The Morgan fingerprint density at radius 1 is 0.365 bits per heavy atom. The molecule has 0 heterocycles. The molecule has 1 aliphatic carbocycles. The molecule has 538 valence electrons. The van der Waals surface area contributed by atoms with E-state index in [0.29, 0.717) is 81.4 Å². The Labute approximate surface area is 571 Å². The summed E-state index contributed by atoms with van der Waals surface area (Å²) in [5.41, 5.74) is 3.35. The molecule has 0 aliphatic heterocycles. The van der Waals surface area contributed by atoms with Crippen molar-refractivity contribution in [3.63, 3.8) is 0 Å². The molecule has 8 bridgehead atoms. The number of benzene rings is 4. The fourth-order valence-electron chi connectivity index (χ4n) is 9.51. The molecule has 0 saturated heterocycles. The van der Waals surface area contributed by atoms with Crippen molar-refractivity contribution in [2.24, 2.45) is 0 Å². The van der Waals surface area contributed by atoms with E-state index >= 15 is 0 Å². The number of fused-ring (bicyclic) bond motifs is 8. The van der Waals surface area contributed by atoms with E-state index in [2.05, 4.69) is 37.5 Å². The van der Waals surface area contributed by atoms with Gasteiger partial charge in [-0.1, -0.05) is 47.8 Å². The van der Waals surface area contributed by atoms with Crippen LogP contribution in [0.5, 0.6) is 46.0 Å². The second kappa shape index (κ2) is 41.6. The molecule has 4 aromatic rings. The fourth-order valence-corrected chi connectivity index (χ4v) is 12.5. The Hall–Kier alpha value is -4.94. The van der Waals surface area contributed by atoms with Crippen LogP contribution in [0.2, 0.25) is 0 Å². The van der Waals surface area contributed by atoms with Gasteiger partial charge in [0.25, 0.3) is 40.5 Å². The molecule has 32 nitrogen and oxygen atoms in total. The Bertz CT molecular complexity index is 3650. The van der Waals surface area contributed by atoms with E-state index in [0.717, 1.165) is 36.4 Å². The third-order valence-corrected chi connectivity index (χ3v) is 19.0. The summed E-state index contributed by atoms with van der Waals surface area (Å²) in [5, 5.41) is 53.0. The number of rotatable bonds is 45. The second-order valence-corrected chi connectivity index (χ2v) is 29.5. The van der Waals surface area contributed by atoms with Crippen molar-refractivity contribution in [1.29, 1.82) is 0 Å². The Morgan fingerprint density at radius 3 is 0.938 bits per heavy atom. The molecule has 8 N–H and O–H groups in total. The van der Waals surface area contributed by atoms with Crippen LogP contribution in [0.3, 0.4) is 0 Å². The van der Waals surface area contributed by atoms with E-state index in [1.807, 2.05) is 19.9 Å². The van der Waals surface area contributed by atoms with Gasteiger partial charge in [0.1, 0.15) is 59.2 Å². The first kappa shape index (κ1) is 81.7. The van der Waals surface area contributed by atoms with E-state index in [4.69, 9.17) is 58.9 Å². The lowest BCUT2D eigenvalue weighted by Gasteiger charge is -2.29. The second-order valence-electron chi connectivity index (χ2n) is 20.5. The molecule has 1 aliphatic rings. The molecule has 0 amide bonds. The van der Waals surface area contributed by atoms with E-state index < -0.39 is 87.2 Å². The summed E-state index contributed by atoms with van der Waals surface area (Å²) >= 11 is 2.82. The van der Waals surface area contributed by atoms with Crippen LogP contribution in [0.1, 0.15) is 128 Å². The number of hydrogen-bond acceptors (Lipinski definition) is 32. The average Bonchev–Trinajstić information content (AvgIpc) is 0.764. The lowest BCUT2D eigenvalue weighted by atomic mass is 9.80. The van der Waals surface area contributed by atoms with Crippen molar-refractivity contribution in [1.82, 2.24) is 0 Å². The number of hydrogen-bond donors (Lipinski definition) is 8. The highest BCUT2D eigenvalue weighted by Gasteiger charge is 2.32. The third-order valence-electron chi connectivity index (χ3n) is 13.8. The first-order valence-corrected chi connectivity index (χ1v) is 38.5. The van der Waals surface area contributed by atoms with Crippen LogP contribution in [0.25, 0.3) is 0 Å². The molecule has 4 unspecified atom stereocenters. The lowest BCUT2D eigenvalue weighted by molar-refractivity contribution is -0.432. The Morgan fingerprint density at radius 2 is 0.646 bits per heavy atom. The van der Waals surface area contributed by atoms with Gasteiger partial charge in [0, 0.05) is 139 Å². The molecule has 0 saturated carbocycles. The molecule has 40 heteroatoms. The molecule has 0 fully saturated rings. The van der Waals surface area contributed by atoms with Gasteiger partial charge >= 0.3 is 0 Å². The maximum atomic E-state index is 12.0. The minimum absolute atomic E-state index is 0.0125. The zero-order valence-corrected chi connectivity index (χ0v) is 58.3. The van der Waals surface area contributed by atoms with Crippen molar-refractivity contribution < 1.29 is 148 Å². The lowest BCUT2D eigenvalue weighted by Crippen LogP contribution is -2.15. The molecule has 96 heavy (non-hydrogen) atoms. The topological polar surface area (TPSA) is 446 Å². The summed E-state index contributed by atoms with van der Waals surface area (Å²) in [6.07, 6.45) is 5.11. The largest absolute Gasteiger partial charge is 0.493 e. The summed E-state index contributed by atoms with van der Waals surface area (Å²) in [6, 6.07) is 13.4. The van der Waals surface area contributed by atoms with Crippen LogP contribution in [-0.2, 0) is 78.0 Å². The monoisotopic (exact) mass is 1510 g/mol. The third kappa shape index (κ3) is 28.7. The van der Waals surface area contributed by atoms with Crippen molar-refractivity contribution in [2.45, 2.75) is 83.5 Å². The van der Waals surface area contributed by atoms with Crippen molar-refractivity contribution in [3.05, 3.63) is 128 Å². The molecule has 0 spiro atoms. The molecule has 0 aromatic heterocycles. The van der Waals surface area contributed by atoms with Crippen LogP contribution in [0, 0.1) is 0 Å². The van der Waals surface area contributed by atoms with Crippen LogP contribution in [0.15, 0.2) is 83.8 Å². The summed E-state index contributed by atoms with van der Waals surface area (Å²) in [5.74, 6) is -4.66. The average molecular weight is 1520 g/mol. The zero-order valence-electron chi connectivity index (χ0n) is 51.8. The van der Waals surface area contributed by atoms with E-state index in [1.165, 1.54) is 29.0 Å². The highest BCUT2D eigenvalue weighted by molar-refractivity contribution is 7.97. The predicted molar refractivity (Wildman–Crippen MR) is 350 cm³/mol. The van der Waals surface area contributed by atoms with Gasteiger partial charge in [0.2, 0.25) is 0 Å². The Kier molecular flexibility index (Phi) is 35.4. The normalized spacial score (nSPS) is 16.1. The van der Waals surface area contributed by atoms with Crippen LogP contribution >= 0.6 is 48.2 Å². The minimum atomic E-state index is -4.56. The van der Waals surface area contributed by atoms with E-state index in [1.54, 1.807) is 50.3 Å². The van der Waals surface area contributed by atoms with E-state index in [9.17, 15) is 51.9 Å². The molecule has 0 radical (unpaired) electrons. The van der Waals surface area contributed by atoms with Gasteiger partial charge in [0.05, 0.1) is 86.4 Å². The van der Waals surface area contributed by atoms with Gasteiger partial charge < -0.3 is 37.9 Å². The highest BCUT2D eigenvalue weighted by atomic mass is 32.2. The van der Waals surface area contributed by atoms with Gasteiger partial charge in [-0.2, -0.15) is 33.7 Å². The van der Waals surface area contributed by atoms with Gasteiger partial charge in [0.15, 0.2) is 0 Å².